The van der Waals surface area contributed by atoms with Crippen LogP contribution in [0.2, 0.25) is 0 Å². The Hall–Kier alpha value is -2.37. The largest absolute Gasteiger partial charge is 0.335 e. The molecular formula is C15H17FN4O. The molecule has 3 rings (SSSR count). The third-order valence-electron chi connectivity index (χ3n) is 3.72. The predicted octanol–water partition coefficient (Wildman–Crippen LogP) is 2.49. The van der Waals surface area contributed by atoms with Gasteiger partial charge in [-0.15, -0.1) is 0 Å². The Morgan fingerprint density at radius 3 is 2.71 bits per heavy atom. The lowest BCUT2D eigenvalue weighted by Crippen LogP contribution is -2.52. The summed E-state index contributed by atoms with van der Waals surface area (Å²) < 4.78 is 14.9. The fourth-order valence-electron chi connectivity index (χ4n) is 2.46. The number of carbonyl (C=O) groups excluding carboxylic acids is 1. The van der Waals surface area contributed by atoms with Gasteiger partial charge in [0, 0.05) is 43.6 Å². The number of aromatic nitrogens is 2. The second-order valence-electron chi connectivity index (χ2n) is 5.33. The molecule has 1 saturated heterocycles. The number of hydrogen-bond donors (Lipinski definition) is 1. The number of imidazole rings is 1. The number of halogens is 1. The molecule has 0 unspecified atom stereocenters. The summed E-state index contributed by atoms with van der Waals surface area (Å²) in [5.41, 5.74) is 0.607. The summed E-state index contributed by atoms with van der Waals surface area (Å²) in [6, 6.07) is 5.63. The van der Waals surface area contributed by atoms with Gasteiger partial charge in [-0.2, -0.15) is 0 Å². The first-order valence-electron chi connectivity index (χ1n) is 6.91. The zero-order valence-electron chi connectivity index (χ0n) is 11.8. The van der Waals surface area contributed by atoms with Crippen LogP contribution in [0.4, 0.5) is 14.9 Å². The summed E-state index contributed by atoms with van der Waals surface area (Å²) in [6.07, 6.45) is 3.74. The van der Waals surface area contributed by atoms with E-state index in [1.54, 1.807) is 23.2 Å². The van der Waals surface area contributed by atoms with Crippen LogP contribution in [-0.4, -0.2) is 33.6 Å². The Balaban J connectivity index is 1.48. The number of benzene rings is 1. The average molecular weight is 288 g/mol. The van der Waals surface area contributed by atoms with Gasteiger partial charge in [-0.1, -0.05) is 0 Å². The van der Waals surface area contributed by atoms with E-state index >= 15 is 0 Å². The molecule has 1 aliphatic heterocycles. The lowest BCUT2D eigenvalue weighted by molar-refractivity contribution is 0.119. The van der Waals surface area contributed by atoms with E-state index in [9.17, 15) is 9.18 Å². The van der Waals surface area contributed by atoms with Crippen molar-refractivity contribution in [3.05, 3.63) is 48.3 Å². The summed E-state index contributed by atoms with van der Waals surface area (Å²) in [7, 11) is 0. The van der Waals surface area contributed by atoms with Crippen LogP contribution in [0.3, 0.4) is 0 Å². The first-order valence-corrected chi connectivity index (χ1v) is 6.91. The number of anilines is 1. The summed E-state index contributed by atoms with van der Waals surface area (Å²) in [5, 5.41) is 2.76. The summed E-state index contributed by atoms with van der Waals surface area (Å²) in [5.74, 6) is 1.13. The zero-order valence-corrected chi connectivity index (χ0v) is 11.8. The maximum atomic E-state index is 12.8. The van der Waals surface area contributed by atoms with Crippen LogP contribution in [-0.2, 0) is 6.54 Å². The van der Waals surface area contributed by atoms with E-state index in [0.29, 0.717) is 11.6 Å². The van der Waals surface area contributed by atoms with Gasteiger partial charge >= 0.3 is 6.03 Å². The molecule has 0 saturated carbocycles. The number of rotatable bonds is 3. The molecule has 1 N–H and O–H groups in total. The molecule has 1 fully saturated rings. The van der Waals surface area contributed by atoms with E-state index in [1.165, 1.54) is 12.1 Å². The van der Waals surface area contributed by atoms with Crippen LogP contribution in [0, 0.1) is 18.7 Å². The minimum atomic E-state index is -0.312. The van der Waals surface area contributed by atoms with Gasteiger partial charge in [0.25, 0.3) is 0 Å². The van der Waals surface area contributed by atoms with Crippen molar-refractivity contribution in [1.82, 2.24) is 14.5 Å². The zero-order chi connectivity index (χ0) is 14.8. The molecule has 0 aliphatic carbocycles. The second kappa shape index (κ2) is 5.55. The number of nitrogens with zero attached hydrogens (tertiary/aromatic N) is 3. The van der Waals surface area contributed by atoms with E-state index in [1.807, 2.05) is 13.1 Å². The fourth-order valence-corrected chi connectivity index (χ4v) is 2.46. The van der Waals surface area contributed by atoms with Crippen molar-refractivity contribution < 1.29 is 9.18 Å². The molecule has 21 heavy (non-hydrogen) atoms. The molecule has 0 spiro atoms. The molecule has 5 nitrogen and oxygen atoms in total. The van der Waals surface area contributed by atoms with Crippen molar-refractivity contribution in [3.63, 3.8) is 0 Å². The molecule has 1 aromatic heterocycles. The third-order valence-corrected chi connectivity index (χ3v) is 3.72. The summed E-state index contributed by atoms with van der Waals surface area (Å²) >= 11 is 0. The molecule has 2 heterocycles. The Kier molecular flexibility index (Phi) is 3.60. The Morgan fingerprint density at radius 1 is 1.38 bits per heavy atom. The highest BCUT2D eigenvalue weighted by molar-refractivity contribution is 5.89. The highest BCUT2D eigenvalue weighted by Gasteiger charge is 2.30. The number of aryl methyl sites for hydroxylation is 1. The SMILES string of the molecule is Cc1nccn1CC1CN(C(=O)Nc2ccc(F)cc2)C1. The molecule has 1 aromatic carbocycles. The van der Waals surface area contributed by atoms with Gasteiger partial charge in [0.1, 0.15) is 11.6 Å². The van der Waals surface area contributed by atoms with Crippen molar-refractivity contribution in [2.24, 2.45) is 5.92 Å². The number of carbonyl (C=O) groups is 1. The van der Waals surface area contributed by atoms with Crippen molar-refractivity contribution in [3.8, 4) is 0 Å². The Morgan fingerprint density at radius 2 is 2.10 bits per heavy atom. The number of likely N-dealkylation sites (tertiary alicyclic amines) is 1. The molecule has 0 atom stereocenters. The monoisotopic (exact) mass is 288 g/mol. The lowest BCUT2D eigenvalue weighted by atomic mass is 10.0. The fraction of sp³-hybridized carbons (Fsp3) is 0.333. The maximum absolute atomic E-state index is 12.8. The predicted molar refractivity (Wildman–Crippen MR) is 77.4 cm³/mol. The molecule has 2 amide bonds. The third kappa shape index (κ3) is 3.04. The molecule has 6 heteroatoms. The summed E-state index contributed by atoms with van der Waals surface area (Å²) in [4.78, 5) is 17.9. The van der Waals surface area contributed by atoms with E-state index < -0.39 is 0 Å². The van der Waals surface area contributed by atoms with Gasteiger partial charge in [0.2, 0.25) is 0 Å². The van der Waals surface area contributed by atoms with E-state index in [2.05, 4.69) is 14.9 Å². The van der Waals surface area contributed by atoms with E-state index in [0.717, 1.165) is 25.5 Å². The van der Waals surface area contributed by atoms with Crippen molar-refractivity contribution in [1.29, 1.82) is 0 Å². The molecule has 0 bridgehead atoms. The Bertz CT molecular complexity index is 631. The first kappa shape index (κ1) is 13.6. The van der Waals surface area contributed by atoms with Gasteiger partial charge in [0.15, 0.2) is 0 Å². The van der Waals surface area contributed by atoms with Gasteiger partial charge in [0.05, 0.1) is 0 Å². The minimum Gasteiger partial charge on any atom is -0.335 e. The minimum absolute atomic E-state index is 0.139. The van der Waals surface area contributed by atoms with Crippen LogP contribution in [0.25, 0.3) is 0 Å². The van der Waals surface area contributed by atoms with E-state index in [4.69, 9.17) is 0 Å². The maximum Gasteiger partial charge on any atom is 0.321 e. The highest BCUT2D eigenvalue weighted by Crippen LogP contribution is 2.20. The van der Waals surface area contributed by atoms with Crippen molar-refractivity contribution >= 4 is 11.7 Å². The molecule has 2 aromatic rings. The van der Waals surface area contributed by atoms with Crippen LogP contribution in [0.15, 0.2) is 36.7 Å². The quantitative estimate of drug-likeness (QED) is 0.943. The number of hydrogen-bond acceptors (Lipinski definition) is 2. The molecule has 110 valence electrons. The lowest BCUT2D eigenvalue weighted by Gasteiger charge is -2.39. The Labute approximate surface area is 122 Å². The van der Waals surface area contributed by atoms with Crippen molar-refractivity contribution in [2.75, 3.05) is 18.4 Å². The highest BCUT2D eigenvalue weighted by atomic mass is 19.1. The van der Waals surface area contributed by atoms with Gasteiger partial charge in [-0.3, -0.25) is 0 Å². The van der Waals surface area contributed by atoms with Crippen molar-refractivity contribution in [2.45, 2.75) is 13.5 Å². The topological polar surface area (TPSA) is 50.2 Å². The number of urea groups is 1. The standard InChI is InChI=1S/C15H17FN4O/c1-11-17-6-7-19(11)8-12-9-20(10-12)15(21)18-14-4-2-13(16)3-5-14/h2-7,12H,8-10H2,1H3,(H,18,21). The van der Waals surface area contributed by atoms with Crippen LogP contribution < -0.4 is 5.32 Å². The van der Waals surface area contributed by atoms with Gasteiger partial charge in [-0.25, -0.2) is 14.2 Å². The van der Waals surface area contributed by atoms with E-state index in [-0.39, 0.29) is 11.8 Å². The van der Waals surface area contributed by atoms with Gasteiger partial charge < -0.3 is 14.8 Å². The number of nitrogens with one attached hydrogen (secondary N) is 1. The average Bonchev–Trinajstić information content (AvgIpc) is 2.81. The van der Waals surface area contributed by atoms with Crippen LogP contribution >= 0.6 is 0 Å². The normalized spacial score (nSPS) is 14.9. The van der Waals surface area contributed by atoms with Crippen LogP contribution in [0.1, 0.15) is 5.82 Å². The molecule has 0 radical (unpaired) electrons. The molecular weight excluding hydrogens is 271 g/mol. The summed E-state index contributed by atoms with van der Waals surface area (Å²) in [6.45, 7) is 4.30. The number of amides is 2. The second-order valence-corrected chi connectivity index (χ2v) is 5.33. The van der Waals surface area contributed by atoms with Crippen LogP contribution in [0.5, 0.6) is 0 Å². The molecule has 1 aliphatic rings. The smallest absolute Gasteiger partial charge is 0.321 e. The van der Waals surface area contributed by atoms with Gasteiger partial charge in [-0.05, 0) is 31.2 Å². The first-order chi connectivity index (χ1) is 10.1.